The summed E-state index contributed by atoms with van der Waals surface area (Å²) in [6, 6.07) is 9.19. The smallest absolute Gasteiger partial charge is 0.118 e. The van der Waals surface area contributed by atoms with Gasteiger partial charge in [-0.15, -0.1) is 0 Å². The van der Waals surface area contributed by atoms with E-state index in [2.05, 4.69) is 31.3 Å². The third-order valence-corrected chi connectivity index (χ3v) is 3.01. The lowest BCUT2D eigenvalue weighted by atomic mass is 10.1. The zero-order valence-corrected chi connectivity index (χ0v) is 11.9. The molecule has 0 aromatic heterocycles. The lowest BCUT2D eigenvalue weighted by molar-refractivity contribution is 0.167. The van der Waals surface area contributed by atoms with Crippen LogP contribution in [0.5, 0.6) is 5.75 Å². The molecule has 0 aliphatic carbocycles. The Morgan fingerprint density at radius 3 is 2.28 bits per heavy atom. The molecule has 0 fully saturated rings. The minimum absolute atomic E-state index is 0.404. The monoisotopic (exact) mass is 251 g/mol. The second kappa shape index (κ2) is 8.11. The van der Waals surface area contributed by atoms with Gasteiger partial charge in [0.15, 0.2) is 0 Å². The van der Waals surface area contributed by atoms with Gasteiger partial charge >= 0.3 is 0 Å². The van der Waals surface area contributed by atoms with Crippen molar-refractivity contribution in [2.45, 2.75) is 38.8 Å². The van der Waals surface area contributed by atoms with Gasteiger partial charge in [-0.1, -0.05) is 12.1 Å². The van der Waals surface area contributed by atoms with E-state index in [-0.39, 0.29) is 0 Å². The highest BCUT2D eigenvalue weighted by Crippen LogP contribution is 2.13. The van der Waals surface area contributed by atoms with Crippen LogP contribution in [-0.2, 0) is 11.2 Å². The molecule has 0 aliphatic rings. The van der Waals surface area contributed by atoms with E-state index < -0.39 is 0 Å². The standard InChI is InChI=1S/C15H25NO2/c1-12(16-13(2)11-17-3)5-6-14-7-9-15(18-4)10-8-14/h7-10,12-13,16H,5-6,11H2,1-4H3/t12-,13-/m0/s1. The van der Waals surface area contributed by atoms with Crippen molar-refractivity contribution in [1.82, 2.24) is 5.32 Å². The Hall–Kier alpha value is -1.06. The third-order valence-electron chi connectivity index (χ3n) is 3.01. The molecule has 0 bridgehead atoms. The number of benzene rings is 1. The normalized spacial score (nSPS) is 14.2. The highest BCUT2D eigenvalue weighted by molar-refractivity contribution is 5.27. The van der Waals surface area contributed by atoms with E-state index in [9.17, 15) is 0 Å². The number of hydrogen-bond acceptors (Lipinski definition) is 3. The first-order chi connectivity index (χ1) is 8.65. The Labute approximate surface area is 110 Å². The molecular formula is C15H25NO2. The summed E-state index contributed by atoms with van der Waals surface area (Å²) in [5.74, 6) is 0.915. The molecule has 18 heavy (non-hydrogen) atoms. The topological polar surface area (TPSA) is 30.5 Å². The molecule has 0 spiro atoms. The maximum absolute atomic E-state index is 5.15. The van der Waals surface area contributed by atoms with Crippen LogP contribution in [0.1, 0.15) is 25.8 Å². The maximum Gasteiger partial charge on any atom is 0.118 e. The van der Waals surface area contributed by atoms with Gasteiger partial charge in [0, 0.05) is 19.2 Å². The van der Waals surface area contributed by atoms with E-state index >= 15 is 0 Å². The number of methoxy groups -OCH3 is 2. The molecule has 2 atom stereocenters. The van der Waals surface area contributed by atoms with Gasteiger partial charge in [-0.25, -0.2) is 0 Å². The van der Waals surface area contributed by atoms with E-state index in [0.29, 0.717) is 12.1 Å². The molecule has 0 unspecified atom stereocenters. The lowest BCUT2D eigenvalue weighted by Gasteiger charge is -2.19. The maximum atomic E-state index is 5.15. The lowest BCUT2D eigenvalue weighted by Crippen LogP contribution is -2.37. The second-order valence-corrected chi connectivity index (χ2v) is 4.81. The molecule has 3 heteroatoms. The Bertz CT molecular complexity index is 324. The Morgan fingerprint density at radius 1 is 1.06 bits per heavy atom. The first-order valence-corrected chi connectivity index (χ1v) is 6.53. The fourth-order valence-corrected chi connectivity index (χ4v) is 2.04. The number of ether oxygens (including phenoxy) is 2. The molecular weight excluding hydrogens is 226 g/mol. The summed E-state index contributed by atoms with van der Waals surface area (Å²) in [5.41, 5.74) is 1.35. The highest BCUT2D eigenvalue weighted by atomic mass is 16.5. The summed E-state index contributed by atoms with van der Waals surface area (Å²) in [4.78, 5) is 0. The molecule has 0 radical (unpaired) electrons. The Kier molecular flexibility index (Phi) is 6.76. The average Bonchev–Trinajstić information content (AvgIpc) is 2.37. The van der Waals surface area contributed by atoms with Gasteiger partial charge < -0.3 is 14.8 Å². The summed E-state index contributed by atoms with van der Waals surface area (Å²) in [6.07, 6.45) is 2.21. The molecule has 1 aromatic rings. The highest BCUT2D eigenvalue weighted by Gasteiger charge is 2.07. The van der Waals surface area contributed by atoms with Crippen molar-refractivity contribution in [2.24, 2.45) is 0 Å². The Morgan fingerprint density at radius 2 is 1.72 bits per heavy atom. The quantitative estimate of drug-likeness (QED) is 0.770. The van der Waals surface area contributed by atoms with Gasteiger partial charge in [0.25, 0.3) is 0 Å². The van der Waals surface area contributed by atoms with Gasteiger partial charge in [0.1, 0.15) is 5.75 Å². The molecule has 3 nitrogen and oxygen atoms in total. The fraction of sp³-hybridized carbons (Fsp3) is 0.600. The van der Waals surface area contributed by atoms with Crippen LogP contribution in [-0.4, -0.2) is 32.9 Å². The van der Waals surface area contributed by atoms with Crippen molar-refractivity contribution in [1.29, 1.82) is 0 Å². The van der Waals surface area contributed by atoms with Crippen LogP contribution >= 0.6 is 0 Å². The molecule has 0 heterocycles. The number of aryl methyl sites for hydroxylation is 1. The molecule has 0 saturated carbocycles. The van der Waals surface area contributed by atoms with Gasteiger partial charge in [0.05, 0.1) is 13.7 Å². The molecule has 1 aromatic carbocycles. The van der Waals surface area contributed by atoms with Crippen LogP contribution < -0.4 is 10.1 Å². The predicted molar refractivity (Wildman–Crippen MR) is 75.3 cm³/mol. The van der Waals surface area contributed by atoms with Crippen LogP contribution in [0.25, 0.3) is 0 Å². The van der Waals surface area contributed by atoms with Gasteiger partial charge in [0.2, 0.25) is 0 Å². The van der Waals surface area contributed by atoms with E-state index in [4.69, 9.17) is 9.47 Å². The van der Waals surface area contributed by atoms with Crippen molar-refractivity contribution < 1.29 is 9.47 Å². The van der Waals surface area contributed by atoms with E-state index in [1.54, 1.807) is 14.2 Å². The minimum Gasteiger partial charge on any atom is -0.497 e. The Balaban J connectivity index is 2.30. The van der Waals surface area contributed by atoms with Crippen molar-refractivity contribution in [3.05, 3.63) is 29.8 Å². The van der Waals surface area contributed by atoms with Crippen molar-refractivity contribution in [3.8, 4) is 5.75 Å². The van der Waals surface area contributed by atoms with Gasteiger partial charge in [-0.2, -0.15) is 0 Å². The van der Waals surface area contributed by atoms with Crippen LogP contribution in [0.15, 0.2) is 24.3 Å². The van der Waals surface area contributed by atoms with E-state index in [0.717, 1.165) is 25.2 Å². The summed E-state index contributed by atoms with van der Waals surface area (Å²) >= 11 is 0. The molecule has 0 amide bonds. The van der Waals surface area contributed by atoms with Crippen LogP contribution in [0, 0.1) is 0 Å². The van der Waals surface area contributed by atoms with Crippen molar-refractivity contribution in [2.75, 3.05) is 20.8 Å². The molecule has 1 rings (SSSR count). The SMILES string of the molecule is COC[C@H](C)N[C@@H](C)CCc1ccc(OC)cc1. The molecule has 1 N–H and O–H groups in total. The summed E-state index contributed by atoms with van der Waals surface area (Å²) in [7, 11) is 3.43. The summed E-state index contributed by atoms with van der Waals surface area (Å²) in [5, 5.41) is 3.52. The summed E-state index contributed by atoms with van der Waals surface area (Å²) in [6.45, 7) is 5.12. The fourth-order valence-electron chi connectivity index (χ4n) is 2.04. The first kappa shape index (κ1) is 15.0. The molecule has 0 saturated heterocycles. The largest absolute Gasteiger partial charge is 0.497 e. The average molecular weight is 251 g/mol. The third kappa shape index (κ3) is 5.52. The van der Waals surface area contributed by atoms with Crippen LogP contribution in [0.2, 0.25) is 0 Å². The van der Waals surface area contributed by atoms with E-state index in [1.807, 2.05) is 12.1 Å². The van der Waals surface area contributed by atoms with Gasteiger partial charge in [-0.05, 0) is 44.4 Å². The van der Waals surface area contributed by atoms with E-state index in [1.165, 1.54) is 5.56 Å². The summed E-state index contributed by atoms with van der Waals surface area (Å²) < 4.78 is 10.3. The predicted octanol–water partition coefficient (Wildman–Crippen LogP) is 2.64. The first-order valence-electron chi connectivity index (χ1n) is 6.53. The zero-order valence-electron chi connectivity index (χ0n) is 11.9. The van der Waals surface area contributed by atoms with Crippen molar-refractivity contribution in [3.63, 3.8) is 0 Å². The molecule has 0 aliphatic heterocycles. The van der Waals surface area contributed by atoms with Crippen LogP contribution in [0.4, 0.5) is 0 Å². The zero-order chi connectivity index (χ0) is 13.4. The van der Waals surface area contributed by atoms with Gasteiger partial charge in [-0.3, -0.25) is 0 Å². The number of rotatable bonds is 8. The minimum atomic E-state index is 0.404. The number of hydrogen-bond donors (Lipinski definition) is 1. The van der Waals surface area contributed by atoms with Crippen LogP contribution in [0.3, 0.4) is 0 Å². The number of nitrogens with one attached hydrogen (secondary N) is 1. The molecule has 102 valence electrons. The van der Waals surface area contributed by atoms with Crippen molar-refractivity contribution >= 4 is 0 Å². The second-order valence-electron chi connectivity index (χ2n) is 4.81.